The molecule has 7 nitrogen and oxygen atoms in total. The Bertz CT molecular complexity index is 814. The first-order valence-corrected chi connectivity index (χ1v) is 8.82. The number of hydrogen-bond donors (Lipinski definition) is 0. The number of hydrogen-bond acceptors (Lipinski definition) is 5. The number of methoxy groups -OCH3 is 1. The van der Waals surface area contributed by atoms with Crippen LogP contribution in [0.2, 0.25) is 0 Å². The Labute approximate surface area is 152 Å². The van der Waals surface area contributed by atoms with E-state index in [4.69, 9.17) is 9.47 Å². The molecular weight excluding hydrogens is 334 g/mol. The van der Waals surface area contributed by atoms with Crippen molar-refractivity contribution < 1.29 is 19.1 Å². The molecular formula is C19H25N3O4. The summed E-state index contributed by atoms with van der Waals surface area (Å²) in [4.78, 5) is 25.6. The van der Waals surface area contributed by atoms with Crippen molar-refractivity contribution in [3.8, 4) is 0 Å². The van der Waals surface area contributed by atoms with Crippen LogP contribution in [0, 0.1) is 0 Å². The van der Waals surface area contributed by atoms with E-state index in [2.05, 4.69) is 5.10 Å². The summed E-state index contributed by atoms with van der Waals surface area (Å²) in [5.74, 6) is -0.0511. The molecule has 0 spiro atoms. The van der Waals surface area contributed by atoms with Gasteiger partial charge in [0.15, 0.2) is 0 Å². The third kappa shape index (κ3) is 3.81. The molecule has 1 amide bonds. The van der Waals surface area contributed by atoms with E-state index in [-0.39, 0.29) is 12.1 Å². The van der Waals surface area contributed by atoms with Gasteiger partial charge in [-0.05, 0) is 51.7 Å². The highest BCUT2D eigenvalue weighted by atomic mass is 16.6. The van der Waals surface area contributed by atoms with Crippen molar-refractivity contribution in [1.82, 2.24) is 14.5 Å². The zero-order valence-electron chi connectivity index (χ0n) is 15.7. The molecule has 2 aromatic rings. The molecule has 0 unspecified atom stereocenters. The molecule has 3 rings (SSSR count). The van der Waals surface area contributed by atoms with Crippen LogP contribution in [0.3, 0.4) is 0 Å². The van der Waals surface area contributed by atoms with Crippen LogP contribution in [0.5, 0.6) is 0 Å². The molecule has 1 aliphatic heterocycles. The summed E-state index contributed by atoms with van der Waals surface area (Å²) in [6.07, 6.45) is 5.00. The third-order valence-electron chi connectivity index (χ3n) is 4.55. The normalized spacial score (nSPS) is 15.9. The number of esters is 1. The van der Waals surface area contributed by atoms with E-state index in [9.17, 15) is 9.59 Å². The molecule has 7 heteroatoms. The molecule has 1 saturated heterocycles. The van der Waals surface area contributed by atoms with Crippen LogP contribution >= 0.6 is 0 Å². The molecule has 0 bridgehead atoms. The van der Waals surface area contributed by atoms with E-state index in [0.29, 0.717) is 24.6 Å². The average Bonchev–Trinajstić information content (AvgIpc) is 3.02. The molecule has 0 radical (unpaired) electrons. The molecule has 2 aromatic heterocycles. The van der Waals surface area contributed by atoms with Crippen molar-refractivity contribution in [3.63, 3.8) is 0 Å². The number of pyridine rings is 1. The number of rotatable bonds is 2. The molecule has 3 heterocycles. The minimum Gasteiger partial charge on any atom is -0.465 e. The second kappa shape index (κ2) is 6.97. The van der Waals surface area contributed by atoms with E-state index in [0.717, 1.165) is 23.9 Å². The lowest BCUT2D eigenvalue weighted by molar-refractivity contribution is 0.0205. The Morgan fingerprint density at radius 1 is 1.19 bits per heavy atom. The first-order valence-electron chi connectivity index (χ1n) is 8.82. The summed E-state index contributed by atoms with van der Waals surface area (Å²) in [6, 6.07) is 3.65. The first-order chi connectivity index (χ1) is 12.3. The number of carbonyl (C=O) groups is 2. The number of fused-ring (bicyclic) bond motifs is 1. The maximum Gasteiger partial charge on any atom is 0.410 e. The Balaban J connectivity index is 1.70. The minimum absolute atomic E-state index is 0.251. The van der Waals surface area contributed by atoms with Crippen molar-refractivity contribution >= 4 is 17.6 Å². The third-order valence-corrected chi connectivity index (χ3v) is 4.55. The second-order valence-electron chi connectivity index (χ2n) is 7.58. The Hall–Kier alpha value is -2.57. The van der Waals surface area contributed by atoms with Crippen molar-refractivity contribution in [3.05, 3.63) is 35.7 Å². The molecule has 26 heavy (non-hydrogen) atoms. The van der Waals surface area contributed by atoms with E-state index >= 15 is 0 Å². The fraction of sp³-hybridized carbons (Fsp3) is 0.526. The summed E-state index contributed by atoms with van der Waals surface area (Å²) in [6.45, 7) is 6.95. The van der Waals surface area contributed by atoms with Crippen LogP contribution in [0.4, 0.5) is 4.79 Å². The SMILES string of the molecule is COC(=O)c1ccc2c(C3CCN(C(=O)OC(C)(C)C)CC3)cnn2c1. The van der Waals surface area contributed by atoms with Crippen LogP contribution in [0.25, 0.3) is 5.52 Å². The summed E-state index contributed by atoms with van der Waals surface area (Å²) >= 11 is 0. The minimum atomic E-state index is -0.478. The number of carbonyl (C=O) groups excluding carboxylic acids is 2. The van der Waals surface area contributed by atoms with Gasteiger partial charge in [0, 0.05) is 24.8 Å². The fourth-order valence-corrected chi connectivity index (χ4v) is 3.26. The van der Waals surface area contributed by atoms with Gasteiger partial charge in [0.25, 0.3) is 0 Å². The number of nitrogens with zero attached hydrogens (tertiary/aromatic N) is 3. The molecule has 140 valence electrons. The van der Waals surface area contributed by atoms with Gasteiger partial charge in [-0.1, -0.05) is 0 Å². The second-order valence-corrected chi connectivity index (χ2v) is 7.58. The zero-order valence-corrected chi connectivity index (χ0v) is 15.7. The lowest BCUT2D eigenvalue weighted by Crippen LogP contribution is -2.41. The lowest BCUT2D eigenvalue weighted by atomic mass is 9.90. The monoisotopic (exact) mass is 359 g/mol. The fourth-order valence-electron chi connectivity index (χ4n) is 3.26. The average molecular weight is 359 g/mol. The van der Waals surface area contributed by atoms with Gasteiger partial charge in [0.2, 0.25) is 0 Å². The van der Waals surface area contributed by atoms with E-state index < -0.39 is 5.60 Å². The van der Waals surface area contributed by atoms with Crippen molar-refractivity contribution in [1.29, 1.82) is 0 Å². The molecule has 1 aliphatic rings. The van der Waals surface area contributed by atoms with Gasteiger partial charge in [-0.15, -0.1) is 0 Å². The number of likely N-dealkylation sites (tertiary alicyclic amines) is 1. The molecule has 1 fully saturated rings. The highest BCUT2D eigenvalue weighted by Crippen LogP contribution is 2.31. The highest BCUT2D eigenvalue weighted by Gasteiger charge is 2.28. The molecule has 0 atom stereocenters. The van der Waals surface area contributed by atoms with Gasteiger partial charge in [-0.2, -0.15) is 5.10 Å². The molecule has 0 N–H and O–H groups in total. The van der Waals surface area contributed by atoms with Gasteiger partial charge >= 0.3 is 12.1 Å². The predicted molar refractivity (Wildman–Crippen MR) is 96.3 cm³/mol. The van der Waals surface area contributed by atoms with Gasteiger partial charge in [-0.3, -0.25) is 0 Å². The van der Waals surface area contributed by atoms with E-state index in [1.807, 2.05) is 33.0 Å². The molecule has 0 aromatic carbocycles. The summed E-state index contributed by atoms with van der Waals surface area (Å²) < 4.78 is 11.9. The van der Waals surface area contributed by atoms with Gasteiger partial charge in [-0.25, -0.2) is 14.1 Å². The Kier molecular flexibility index (Phi) is 4.89. The Morgan fingerprint density at radius 2 is 1.88 bits per heavy atom. The standard InChI is InChI=1S/C19H25N3O4/c1-19(2,3)26-18(24)21-9-7-13(8-10-21)15-11-20-22-12-14(17(23)25-4)5-6-16(15)22/h5-6,11-13H,7-10H2,1-4H3. The van der Waals surface area contributed by atoms with Gasteiger partial charge in [0.05, 0.1) is 24.4 Å². The predicted octanol–water partition coefficient (Wildman–Crippen LogP) is 3.24. The van der Waals surface area contributed by atoms with Gasteiger partial charge in [0.1, 0.15) is 5.60 Å². The van der Waals surface area contributed by atoms with Crippen molar-refractivity contribution in [2.75, 3.05) is 20.2 Å². The van der Waals surface area contributed by atoms with Crippen LogP contribution in [0.15, 0.2) is 24.5 Å². The maximum atomic E-state index is 12.2. The summed E-state index contributed by atoms with van der Waals surface area (Å²) in [5, 5.41) is 4.38. The van der Waals surface area contributed by atoms with E-state index in [1.54, 1.807) is 21.7 Å². The zero-order chi connectivity index (χ0) is 18.9. The van der Waals surface area contributed by atoms with Crippen LogP contribution in [0.1, 0.15) is 55.5 Å². The molecule has 0 aliphatic carbocycles. The van der Waals surface area contributed by atoms with E-state index in [1.165, 1.54) is 7.11 Å². The number of piperidine rings is 1. The number of amides is 1. The van der Waals surface area contributed by atoms with Crippen LogP contribution in [-0.2, 0) is 9.47 Å². The Morgan fingerprint density at radius 3 is 2.50 bits per heavy atom. The van der Waals surface area contributed by atoms with Crippen molar-refractivity contribution in [2.45, 2.75) is 45.1 Å². The summed E-state index contributed by atoms with van der Waals surface area (Å²) in [5.41, 5.74) is 2.11. The smallest absolute Gasteiger partial charge is 0.410 e. The van der Waals surface area contributed by atoms with Crippen LogP contribution < -0.4 is 0 Å². The summed E-state index contributed by atoms with van der Waals surface area (Å²) in [7, 11) is 1.36. The number of ether oxygens (including phenoxy) is 2. The topological polar surface area (TPSA) is 73.1 Å². The maximum absolute atomic E-state index is 12.2. The van der Waals surface area contributed by atoms with Crippen molar-refractivity contribution in [2.24, 2.45) is 0 Å². The van der Waals surface area contributed by atoms with Gasteiger partial charge < -0.3 is 14.4 Å². The quantitative estimate of drug-likeness (QED) is 0.770. The lowest BCUT2D eigenvalue weighted by Gasteiger charge is -2.33. The highest BCUT2D eigenvalue weighted by molar-refractivity contribution is 5.89. The number of aromatic nitrogens is 2. The molecule has 0 saturated carbocycles. The van der Waals surface area contributed by atoms with Crippen LogP contribution in [-0.4, -0.2) is 52.4 Å². The first kappa shape index (κ1) is 18.2. The largest absolute Gasteiger partial charge is 0.465 e.